The van der Waals surface area contributed by atoms with E-state index in [1.54, 1.807) is 0 Å². The first-order valence-electron chi connectivity index (χ1n) is 6.65. The van der Waals surface area contributed by atoms with Crippen LogP contribution in [0.5, 0.6) is 0 Å². The van der Waals surface area contributed by atoms with Crippen molar-refractivity contribution in [3.05, 3.63) is 70.2 Å². The molecule has 0 aliphatic carbocycles. The fourth-order valence-electron chi connectivity index (χ4n) is 1.98. The van der Waals surface area contributed by atoms with Crippen molar-refractivity contribution in [1.82, 2.24) is 0 Å². The molecule has 0 atom stereocenters. The van der Waals surface area contributed by atoms with Crippen LogP contribution in [0.3, 0.4) is 0 Å². The van der Waals surface area contributed by atoms with E-state index in [0.717, 1.165) is 16.7 Å². The van der Waals surface area contributed by atoms with Crippen LogP contribution >= 0.6 is 11.6 Å². The maximum absolute atomic E-state index is 11.4. The summed E-state index contributed by atoms with van der Waals surface area (Å²) < 4.78 is 10.4. The Kier molecular flexibility index (Phi) is 5.78. The number of rotatable bonds is 6. The normalized spacial score (nSPS) is 10.4. The van der Waals surface area contributed by atoms with E-state index in [2.05, 4.69) is 0 Å². The van der Waals surface area contributed by atoms with Gasteiger partial charge in [0.15, 0.2) is 0 Å². The van der Waals surface area contributed by atoms with Crippen LogP contribution in [0, 0.1) is 0 Å². The molecule has 2 aromatic rings. The fourth-order valence-corrected chi connectivity index (χ4v) is 2.18. The molecule has 21 heavy (non-hydrogen) atoms. The number of methoxy groups -OCH3 is 1. The summed E-state index contributed by atoms with van der Waals surface area (Å²) >= 11 is 6.08. The average Bonchev–Trinajstić information content (AvgIpc) is 2.50. The number of hydrogen-bond acceptors (Lipinski definition) is 3. The first kappa shape index (κ1) is 15.5. The zero-order valence-corrected chi connectivity index (χ0v) is 12.6. The van der Waals surface area contributed by atoms with E-state index < -0.39 is 0 Å². The lowest BCUT2D eigenvalue weighted by atomic mass is 10.1. The topological polar surface area (TPSA) is 35.5 Å². The van der Waals surface area contributed by atoms with E-state index in [-0.39, 0.29) is 12.4 Å². The van der Waals surface area contributed by atoms with Gasteiger partial charge >= 0.3 is 5.97 Å². The Hall–Kier alpha value is -1.84. The zero-order valence-electron chi connectivity index (χ0n) is 11.8. The van der Waals surface area contributed by atoms with E-state index in [1.165, 1.54) is 7.11 Å². The molecule has 0 N–H and O–H groups in total. The number of hydrogen-bond donors (Lipinski definition) is 0. The Morgan fingerprint density at radius 2 is 1.52 bits per heavy atom. The largest absolute Gasteiger partial charge is 0.469 e. The molecule has 0 heterocycles. The Morgan fingerprint density at radius 1 is 0.952 bits per heavy atom. The maximum atomic E-state index is 11.4. The molecule has 0 saturated heterocycles. The van der Waals surface area contributed by atoms with Gasteiger partial charge in [-0.2, -0.15) is 0 Å². The SMILES string of the molecule is COC(=O)Cc1ccccc1COCc1ccccc1Cl. The van der Waals surface area contributed by atoms with Crippen LogP contribution in [0.15, 0.2) is 48.5 Å². The third kappa shape index (κ3) is 4.59. The average molecular weight is 305 g/mol. The molecule has 0 radical (unpaired) electrons. The Labute approximate surface area is 129 Å². The van der Waals surface area contributed by atoms with Crippen LogP contribution in [-0.2, 0) is 33.9 Å². The minimum absolute atomic E-state index is 0.252. The van der Waals surface area contributed by atoms with Gasteiger partial charge in [0.25, 0.3) is 0 Å². The molecule has 0 unspecified atom stereocenters. The number of esters is 1. The molecule has 4 heteroatoms. The van der Waals surface area contributed by atoms with Crippen molar-refractivity contribution in [2.45, 2.75) is 19.6 Å². The number of carbonyl (C=O) groups is 1. The Balaban J connectivity index is 1.97. The second kappa shape index (κ2) is 7.81. The van der Waals surface area contributed by atoms with Crippen LogP contribution < -0.4 is 0 Å². The van der Waals surface area contributed by atoms with Crippen LogP contribution in [0.2, 0.25) is 5.02 Å². The highest BCUT2D eigenvalue weighted by Gasteiger charge is 2.08. The molecule has 110 valence electrons. The van der Waals surface area contributed by atoms with Crippen molar-refractivity contribution in [2.75, 3.05) is 7.11 Å². The maximum Gasteiger partial charge on any atom is 0.309 e. The summed E-state index contributed by atoms with van der Waals surface area (Å²) in [7, 11) is 1.39. The standard InChI is InChI=1S/C17H17ClO3/c1-20-17(19)10-13-6-2-3-7-14(13)11-21-12-15-8-4-5-9-16(15)18/h2-9H,10-12H2,1H3. The lowest BCUT2D eigenvalue weighted by molar-refractivity contribution is -0.139. The minimum atomic E-state index is -0.256. The predicted molar refractivity (Wildman–Crippen MR) is 82.1 cm³/mol. The quantitative estimate of drug-likeness (QED) is 0.762. The molecule has 0 aliphatic rings. The van der Waals surface area contributed by atoms with Gasteiger partial charge in [0.2, 0.25) is 0 Å². The van der Waals surface area contributed by atoms with Crippen molar-refractivity contribution in [3.8, 4) is 0 Å². The van der Waals surface area contributed by atoms with Crippen LogP contribution in [0.25, 0.3) is 0 Å². The third-order valence-corrected chi connectivity index (χ3v) is 3.52. The molecule has 0 bridgehead atoms. The second-order valence-corrected chi connectivity index (χ2v) is 5.01. The van der Waals surface area contributed by atoms with Crippen molar-refractivity contribution < 1.29 is 14.3 Å². The smallest absolute Gasteiger partial charge is 0.309 e. The summed E-state index contributed by atoms with van der Waals surface area (Å²) in [5, 5.41) is 0.695. The molecular formula is C17H17ClO3. The molecule has 0 saturated carbocycles. The molecule has 0 aliphatic heterocycles. The lowest BCUT2D eigenvalue weighted by Crippen LogP contribution is -2.07. The summed E-state index contributed by atoms with van der Waals surface area (Å²) in [6, 6.07) is 15.3. The molecular weight excluding hydrogens is 288 g/mol. The van der Waals surface area contributed by atoms with Gasteiger partial charge in [0, 0.05) is 5.02 Å². The van der Waals surface area contributed by atoms with E-state index in [9.17, 15) is 4.79 Å². The summed E-state index contributed by atoms with van der Waals surface area (Å²) in [6.45, 7) is 0.866. The first-order chi connectivity index (χ1) is 10.2. The van der Waals surface area contributed by atoms with Gasteiger partial charge < -0.3 is 9.47 Å². The predicted octanol–water partition coefficient (Wildman–Crippen LogP) is 3.77. The van der Waals surface area contributed by atoms with Crippen LogP contribution in [0.1, 0.15) is 16.7 Å². The number of halogens is 1. The summed E-state index contributed by atoms with van der Waals surface area (Å²) in [4.78, 5) is 11.4. The van der Waals surface area contributed by atoms with Crippen LogP contribution in [0.4, 0.5) is 0 Å². The van der Waals surface area contributed by atoms with E-state index >= 15 is 0 Å². The molecule has 0 aromatic heterocycles. The van der Waals surface area contributed by atoms with E-state index in [1.807, 2.05) is 48.5 Å². The molecule has 3 nitrogen and oxygen atoms in total. The van der Waals surface area contributed by atoms with Gasteiger partial charge in [-0.25, -0.2) is 0 Å². The van der Waals surface area contributed by atoms with Gasteiger partial charge in [0.1, 0.15) is 0 Å². The van der Waals surface area contributed by atoms with Crippen molar-refractivity contribution in [3.63, 3.8) is 0 Å². The summed E-state index contributed by atoms with van der Waals surface area (Å²) in [6.07, 6.45) is 0.252. The molecule has 2 aromatic carbocycles. The summed E-state index contributed by atoms with van der Waals surface area (Å²) in [5.41, 5.74) is 2.85. The minimum Gasteiger partial charge on any atom is -0.469 e. The highest BCUT2D eigenvalue weighted by Crippen LogP contribution is 2.17. The van der Waals surface area contributed by atoms with E-state index in [4.69, 9.17) is 21.1 Å². The number of benzene rings is 2. The molecule has 0 spiro atoms. The number of ether oxygens (including phenoxy) is 2. The Morgan fingerprint density at radius 3 is 2.19 bits per heavy atom. The molecule has 2 rings (SSSR count). The van der Waals surface area contributed by atoms with Crippen molar-refractivity contribution >= 4 is 17.6 Å². The Bertz CT molecular complexity index is 610. The van der Waals surface area contributed by atoms with Gasteiger partial charge in [0.05, 0.1) is 26.7 Å². The fraction of sp³-hybridized carbons (Fsp3) is 0.235. The van der Waals surface area contributed by atoms with Gasteiger partial charge in [-0.05, 0) is 22.8 Å². The second-order valence-electron chi connectivity index (χ2n) is 4.61. The van der Waals surface area contributed by atoms with Gasteiger partial charge in [-0.1, -0.05) is 54.1 Å². The summed E-state index contributed by atoms with van der Waals surface area (Å²) in [5.74, 6) is -0.256. The van der Waals surface area contributed by atoms with Gasteiger partial charge in [-0.15, -0.1) is 0 Å². The number of carbonyl (C=O) groups excluding carboxylic acids is 1. The van der Waals surface area contributed by atoms with Gasteiger partial charge in [-0.3, -0.25) is 4.79 Å². The highest BCUT2D eigenvalue weighted by molar-refractivity contribution is 6.31. The monoisotopic (exact) mass is 304 g/mol. The highest BCUT2D eigenvalue weighted by atomic mass is 35.5. The zero-order chi connectivity index (χ0) is 15.1. The van der Waals surface area contributed by atoms with Crippen LogP contribution in [-0.4, -0.2) is 13.1 Å². The third-order valence-electron chi connectivity index (χ3n) is 3.15. The van der Waals surface area contributed by atoms with Crippen molar-refractivity contribution in [1.29, 1.82) is 0 Å². The molecule has 0 amide bonds. The van der Waals surface area contributed by atoms with E-state index in [0.29, 0.717) is 18.2 Å². The lowest BCUT2D eigenvalue weighted by Gasteiger charge is -2.10. The molecule has 0 fully saturated rings. The van der Waals surface area contributed by atoms with Crippen molar-refractivity contribution in [2.24, 2.45) is 0 Å². The first-order valence-corrected chi connectivity index (χ1v) is 7.03.